The molecule has 2 aliphatic rings. The Kier molecular flexibility index (Phi) is 3.36. The zero-order valence-corrected chi connectivity index (χ0v) is 12.4. The van der Waals surface area contributed by atoms with Crippen LogP contribution in [0.4, 0.5) is 5.69 Å². The molecule has 114 valence electrons. The van der Waals surface area contributed by atoms with Crippen molar-refractivity contribution in [1.82, 2.24) is 19.7 Å². The monoisotopic (exact) mass is 297 g/mol. The van der Waals surface area contributed by atoms with Gasteiger partial charge in [-0.3, -0.25) is 4.79 Å². The van der Waals surface area contributed by atoms with Crippen molar-refractivity contribution in [1.29, 1.82) is 0 Å². The average molecular weight is 297 g/mol. The van der Waals surface area contributed by atoms with Gasteiger partial charge in [0.15, 0.2) is 5.82 Å². The Morgan fingerprint density at radius 3 is 3.05 bits per heavy atom. The Hall–Kier alpha value is -2.24. The second-order valence-corrected chi connectivity index (χ2v) is 6.40. The van der Waals surface area contributed by atoms with Crippen LogP contribution in [0.5, 0.6) is 0 Å². The quantitative estimate of drug-likeness (QED) is 0.940. The van der Waals surface area contributed by atoms with E-state index in [0.717, 1.165) is 11.8 Å². The molecule has 3 atom stereocenters. The summed E-state index contributed by atoms with van der Waals surface area (Å²) in [5.41, 5.74) is 0.682. The first-order chi connectivity index (χ1) is 10.8. The third-order valence-corrected chi connectivity index (χ3v) is 5.03. The minimum absolute atomic E-state index is 0.0758. The van der Waals surface area contributed by atoms with Crippen molar-refractivity contribution in [3.63, 3.8) is 0 Å². The zero-order valence-electron chi connectivity index (χ0n) is 12.4. The van der Waals surface area contributed by atoms with Gasteiger partial charge in [0.2, 0.25) is 5.91 Å². The van der Waals surface area contributed by atoms with Crippen LogP contribution < -0.4 is 5.32 Å². The predicted octanol–water partition coefficient (Wildman–Crippen LogP) is 2.43. The summed E-state index contributed by atoms with van der Waals surface area (Å²) < 4.78 is 1.56. The molecule has 22 heavy (non-hydrogen) atoms. The fourth-order valence-electron chi connectivity index (χ4n) is 4.06. The van der Waals surface area contributed by atoms with Crippen molar-refractivity contribution in [2.75, 3.05) is 5.32 Å². The topological polar surface area (TPSA) is 72.7 Å². The molecule has 4 rings (SSSR count). The number of carbonyl (C=O) groups is 1. The molecule has 1 N–H and O–H groups in total. The van der Waals surface area contributed by atoms with Crippen LogP contribution >= 0.6 is 0 Å². The molecule has 2 aromatic rings. The minimum Gasteiger partial charge on any atom is -0.323 e. The lowest BCUT2D eigenvalue weighted by atomic mass is 9.86. The van der Waals surface area contributed by atoms with Crippen LogP contribution in [0.2, 0.25) is 0 Å². The van der Waals surface area contributed by atoms with Gasteiger partial charge >= 0.3 is 0 Å². The van der Waals surface area contributed by atoms with Gasteiger partial charge < -0.3 is 5.32 Å². The molecule has 0 saturated heterocycles. The molecular weight excluding hydrogens is 278 g/mol. The van der Waals surface area contributed by atoms with Crippen molar-refractivity contribution >= 4 is 11.6 Å². The van der Waals surface area contributed by atoms with Gasteiger partial charge in [-0.2, -0.15) is 5.10 Å². The molecule has 0 aliphatic heterocycles. The smallest absolute Gasteiger partial charge is 0.224 e. The maximum Gasteiger partial charge on any atom is 0.224 e. The molecule has 2 aliphatic carbocycles. The van der Waals surface area contributed by atoms with Crippen molar-refractivity contribution in [2.24, 2.45) is 17.8 Å². The first-order valence-electron chi connectivity index (χ1n) is 7.89. The van der Waals surface area contributed by atoms with Crippen LogP contribution in [-0.4, -0.2) is 25.7 Å². The lowest BCUT2D eigenvalue weighted by molar-refractivity contribution is -0.117. The first kappa shape index (κ1) is 13.4. The summed E-state index contributed by atoms with van der Waals surface area (Å²) in [7, 11) is 0. The van der Waals surface area contributed by atoms with Gasteiger partial charge in [-0.15, -0.1) is 0 Å². The van der Waals surface area contributed by atoms with Gasteiger partial charge in [-0.25, -0.2) is 14.6 Å². The summed E-state index contributed by atoms with van der Waals surface area (Å²) in [5, 5.41) is 7.08. The van der Waals surface area contributed by atoms with Crippen LogP contribution in [-0.2, 0) is 4.79 Å². The van der Waals surface area contributed by atoms with Crippen LogP contribution in [0, 0.1) is 17.8 Å². The Morgan fingerprint density at radius 1 is 1.36 bits per heavy atom. The number of rotatable bonds is 4. The number of amides is 1. The average Bonchev–Trinajstić information content (AvgIpc) is 3.25. The molecule has 6 heteroatoms. The number of nitrogens with zero attached hydrogens (tertiary/aromatic N) is 4. The van der Waals surface area contributed by atoms with Crippen molar-refractivity contribution in [2.45, 2.75) is 32.1 Å². The van der Waals surface area contributed by atoms with E-state index in [1.165, 1.54) is 32.0 Å². The number of nitrogens with one attached hydrogen (secondary N) is 1. The summed E-state index contributed by atoms with van der Waals surface area (Å²) in [6.45, 7) is 0. The van der Waals surface area contributed by atoms with E-state index in [0.29, 0.717) is 23.8 Å². The minimum atomic E-state index is 0.0758. The molecule has 6 nitrogen and oxygen atoms in total. The number of anilines is 1. The van der Waals surface area contributed by atoms with Crippen LogP contribution in [0.3, 0.4) is 0 Å². The van der Waals surface area contributed by atoms with E-state index in [1.54, 1.807) is 17.2 Å². The predicted molar refractivity (Wildman–Crippen MR) is 81.3 cm³/mol. The Balaban J connectivity index is 1.46. The van der Waals surface area contributed by atoms with Gasteiger partial charge in [0.25, 0.3) is 0 Å². The van der Waals surface area contributed by atoms with Gasteiger partial charge in [-0.1, -0.05) is 6.42 Å². The normalized spacial score (nSPS) is 26.3. The summed E-state index contributed by atoms with van der Waals surface area (Å²) in [5.74, 6) is 2.87. The highest BCUT2D eigenvalue weighted by molar-refractivity contribution is 5.92. The number of fused-ring (bicyclic) bond motifs is 2. The zero-order chi connectivity index (χ0) is 14.9. The van der Waals surface area contributed by atoms with Crippen LogP contribution in [0.15, 0.2) is 31.0 Å². The summed E-state index contributed by atoms with van der Waals surface area (Å²) in [4.78, 5) is 20.6. The Bertz CT molecular complexity index is 669. The molecule has 2 bridgehead atoms. The van der Waals surface area contributed by atoms with Gasteiger partial charge in [0.1, 0.15) is 12.7 Å². The highest BCUT2D eigenvalue weighted by Crippen LogP contribution is 2.49. The summed E-state index contributed by atoms with van der Waals surface area (Å²) in [6, 6.07) is 3.66. The Morgan fingerprint density at radius 2 is 2.32 bits per heavy atom. The molecule has 2 saturated carbocycles. The summed E-state index contributed by atoms with van der Waals surface area (Å²) in [6.07, 6.45) is 10.6. The lowest BCUT2D eigenvalue weighted by Gasteiger charge is -2.21. The fraction of sp³-hybridized carbons (Fsp3) is 0.500. The first-order valence-corrected chi connectivity index (χ1v) is 7.89. The molecular formula is C16H19N5O. The van der Waals surface area contributed by atoms with Crippen molar-refractivity contribution in [3.05, 3.63) is 31.0 Å². The third kappa shape index (κ3) is 2.49. The molecule has 1 amide bonds. The maximum atomic E-state index is 12.4. The number of carbonyl (C=O) groups excluding carboxylic acids is 1. The van der Waals surface area contributed by atoms with Crippen molar-refractivity contribution < 1.29 is 4.79 Å². The highest BCUT2D eigenvalue weighted by Gasteiger charge is 2.40. The molecule has 0 unspecified atom stereocenters. The van der Waals surface area contributed by atoms with Gasteiger partial charge in [-0.05, 0) is 49.1 Å². The molecule has 0 spiro atoms. The van der Waals surface area contributed by atoms with Crippen LogP contribution in [0.25, 0.3) is 5.82 Å². The van der Waals surface area contributed by atoms with E-state index in [2.05, 4.69) is 20.4 Å². The Labute approximate surface area is 129 Å². The number of hydrogen-bond donors (Lipinski definition) is 1. The van der Waals surface area contributed by atoms with E-state index in [-0.39, 0.29) is 5.91 Å². The molecule has 2 aromatic heterocycles. The fourth-order valence-corrected chi connectivity index (χ4v) is 4.06. The van der Waals surface area contributed by atoms with E-state index in [9.17, 15) is 4.79 Å². The largest absolute Gasteiger partial charge is 0.323 e. The maximum absolute atomic E-state index is 12.4. The van der Waals surface area contributed by atoms with Crippen molar-refractivity contribution in [3.8, 4) is 5.82 Å². The second-order valence-electron chi connectivity index (χ2n) is 6.40. The van der Waals surface area contributed by atoms with E-state index < -0.39 is 0 Å². The van der Waals surface area contributed by atoms with Gasteiger partial charge in [0, 0.05) is 12.6 Å². The number of pyridine rings is 1. The van der Waals surface area contributed by atoms with E-state index in [4.69, 9.17) is 0 Å². The molecule has 2 fully saturated rings. The van der Waals surface area contributed by atoms with E-state index >= 15 is 0 Å². The standard InChI is InChI=1S/C16H19N5O/c22-15(8-13-7-11-3-4-12(13)6-11)20-14-2-1-5-18-16(14)21-10-17-9-19-21/h1-2,5,9-13H,3-4,6-8H2,(H,20,22)/t11-,12-,13-/m0/s1. The second kappa shape index (κ2) is 5.51. The molecule has 0 radical (unpaired) electrons. The van der Waals surface area contributed by atoms with Crippen LogP contribution in [0.1, 0.15) is 32.1 Å². The third-order valence-electron chi connectivity index (χ3n) is 5.03. The highest BCUT2D eigenvalue weighted by atomic mass is 16.1. The number of hydrogen-bond acceptors (Lipinski definition) is 4. The summed E-state index contributed by atoms with van der Waals surface area (Å²) >= 11 is 0. The number of aromatic nitrogens is 4. The lowest BCUT2D eigenvalue weighted by Crippen LogP contribution is -2.21. The SMILES string of the molecule is O=C(C[C@@H]1C[C@H]2CC[C@H]1C2)Nc1cccnc1-n1cncn1. The van der Waals surface area contributed by atoms with Gasteiger partial charge in [0.05, 0.1) is 5.69 Å². The van der Waals surface area contributed by atoms with E-state index in [1.807, 2.05) is 12.1 Å². The molecule has 0 aromatic carbocycles. The molecule has 2 heterocycles.